The number of ether oxygens (including phenoxy) is 1. The van der Waals surface area contributed by atoms with Crippen LogP contribution in [0.1, 0.15) is 67.2 Å². The lowest BCUT2D eigenvalue weighted by atomic mass is 9.76. The summed E-state index contributed by atoms with van der Waals surface area (Å²) in [5.74, 6) is 0.196. The molecule has 2 aliphatic heterocycles. The number of aromatic nitrogens is 3. The first-order chi connectivity index (χ1) is 16.9. The van der Waals surface area contributed by atoms with Crippen LogP contribution in [0.2, 0.25) is 0 Å². The predicted octanol–water partition coefficient (Wildman–Crippen LogP) is 2.81. The number of nitrogens with one attached hydrogen (secondary N) is 3. The summed E-state index contributed by atoms with van der Waals surface area (Å²) < 4.78 is 13.6. The van der Waals surface area contributed by atoms with E-state index in [9.17, 15) is 14.4 Å². The van der Waals surface area contributed by atoms with Gasteiger partial charge >= 0.3 is 0 Å². The Labute approximate surface area is 208 Å². The summed E-state index contributed by atoms with van der Waals surface area (Å²) >= 11 is 0.976. The van der Waals surface area contributed by atoms with Crippen LogP contribution >= 0.6 is 11.7 Å². The van der Waals surface area contributed by atoms with Crippen molar-refractivity contribution < 1.29 is 19.1 Å². The van der Waals surface area contributed by atoms with E-state index in [1.165, 1.54) is 0 Å². The van der Waals surface area contributed by atoms with Gasteiger partial charge in [0.25, 0.3) is 5.91 Å². The van der Waals surface area contributed by atoms with Crippen LogP contribution in [0.15, 0.2) is 12.3 Å². The maximum atomic E-state index is 13.4. The van der Waals surface area contributed by atoms with Gasteiger partial charge in [-0.1, -0.05) is 19.8 Å². The van der Waals surface area contributed by atoms with Crippen molar-refractivity contribution in [1.29, 1.82) is 0 Å². The number of pyridine rings is 1. The highest BCUT2D eigenvalue weighted by Crippen LogP contribution is 2.44. The minimum atomic E-state index is -0.720. The molecule has 1 spiro atoms. The van der Waals surface area contributed by atoms with E-state index in [0.717, 1.165) is 43.0 Å². The molecule has 3 amide bonds. The molecule has 35 heavy (non-hydrogen) atoms. The van der Waals surface area contributed by atoms with Gasteiger partial charge in [0, 0.05) is 31.0 Å². The zero-order valence-electron chi connectivity index (χ0n) is 19.9. The zero-order valence-corrected chi connectivity index (χ0v) is 20.7. The minimum Gasteiger partial charge on any atom is -0.381 e. The number of hydrogen-bond donors (Lipinski definition) is 3. The molecule has 1 aliphatic carbocycles. The molecule has 2 aromatic heterocycles. The number of carbonyl (C=O) groups excluding carboxylic acids is 3. The van der Waals surface area contributed by atoms with E-state index >= 15 is 0 Å². The first-order valence-corrected chi connectivity index (χ1v) is 12.9. The number of rotatable bonds is 5. The van der Waals surface area contributed by atoms with Gasteiger partial charge in [0.15, 0.2) is 5.69 Å². The predicted molar refractivity (Wildman–Crippen MR) is 130 cm³/mol. The Balaban J connectivity index is 1.35. The highest BCUT2D eigenvalue weighted by atomic mass is 32.1. The molecule has 186 valence electrons. The van der Waals surface area contributed by atoms with Crippen LogP contribution < -0.4 is 16.0 Å². The monoisotopic (exact) mass is 498 g/mol. The molecular formula is C24H30N6O4S. The van der Waals surface area contributed by atoms with Gasteiger partial charge in [-0.05, 0) is 44.4 Å². The van der Waals surface area contributed by atoms with E-state index in [1.54, 1.807) is 19.2 Å². The van der Waals surface area contributed by atoms with Crippen LogP contribution in [0.25, 0.3) is 0 Å². The molecule has 5 rings (SSSR count). The SMILES string of the molecule is Cc1nsnc1C(=O)N[C@H](C(=O)Nc1cc2c(cn1)C1(CCOCC1)C(=O)N2)[C@H]1CC[C@H](C)CC1. The summed E-state index contributed by atoms with van der Waals surface area (Å²) in [6.07, 6.45) is 6.62. The number of hydrogen-bond acceptors (Lipinski definition) is 8. The van der Waals surface area contributed by atoms with Crippen molar-refractivity contribution in [1.82, 2.24) is 19.0 Å². The van der Waals surface area contributed by atoms with E-state index < -0.39 is 17.4 Å². The van der Waals surface area contributed by atoms with Gasteiger partial charge in [0.05, 0.1) is 28.5 Å². The summed E-state index contributed by atoms with van der Waals surface area (Å²) in [5.41, 5.74) is 1.69. The van der Waals surface area contributed by atoms with Crippen LogP contribution in [-0.4, -0.2) is 50.7 Å². The summed E-state index contributed by atoms with van der Waals surface area (Å²) in [6, 6.07) is 0.980. The molecule has 3 N–H and O–H groups in total. The van der Waals surface area contributed by atoms with Crippen molar-refractivity contribution >= 4 is 41.0 Å². The quantitative estimate of drug-likeness (QED) is 0.577. The normalized spacial score (nSPS) is 23.9. The van der Waals surface area contributed by atoms with Crippen LogP contribution in [0.3, 0.4) is 0 Å². The molecule has 10 nitrogen and oxygen atoms in total. The van der Waals surface area contributed by atoms with Crippen molar-refractivity contribution in [3.8, 4) is 0 Å². The number of carbonyl (C=O) groups is 3. The number of anilines is 2. The lowest BCUT2D eigenvalue weighted by Crippen LogP contribution is -2.49. The molecule has 0 unspecified atom stereocenters. The highest BCUT2D eigenvalue weighted by Gasteiger charge is 2.48. The second-order valence-electron chi connectivity index (χ2n) is 9.92. The maximum Gasteiger partial charge on any atom is 0.273 e. The van der Waals surface area contributed by atoms with Gasteiger partial charge in [-0.25, -0.2) is 4.98 Å². The molecule has 1 atom stereocenters. The molecule has 4 heterocycles. The summed E-state index contributed by atoms with van der Waals surface area (Å²) in [6.45, 7) is 4.99. The fourth-order valence-electron chi connectivity index (χ4n) is 5.46. The topological polar surface area (TPSA) is 135 Å². The van der Waals surface area contributed by atoms with E-state index in [4.69, 9.17) is 4.74 Å². The fraction of sp³-hybridized carbons (Fsp3) is 0.583. The van der Waals surface area contributed by atoms with Gasteiger partial charge in [0.2, 0.25) is 11.8 Å². The molecule has 3 aliphatic rings. The Morgan fingerprint density at radius 3 is 2.63 bits per heavy atom. The van der Waals surface area contributed by atoms with Gasteiger partial charge in [-0.3, -0.25) is 14.4 Å². The average Bonchev–Trinajstić information content (AvgIpc) is 3.39. The molecular weight excluding hydrogens is 468 g/mol. The Kier molecular flexibility index (Phi) is 6.54. The number of fused-ring (bicyclic) bond motifs is 2. The molecule has 0 aromatic carbocycles. The van der Waals surface area contributed by atoms with Crippen LogP contribution in [0, 0.1) is 18.8 Å². The van der Waals surface area contributed by atoms with E-state index in [1.807, 2.05) is 0 Å². The van der Waals surface area contributed by atoms with Crippen LogP contribution in [-0.2, 0) is 19.7 Å². The van der Waals surface area contributed by atoms with Gasteiger partial charge in [0.1, 0.15) is 11.9 Å². The standard InChI is InChI=1S/C24H30N6O4S/c1-13-3-5-15(6-4-13)20(28-21(31)19-14(2)29-35-30-19)22(32)27-18-11-17-16(12-25-18)24(23(33)26-17)7-9-34-10-8-24/h11-13,15,20H,3-10H2,1-2H3,(H,26,33)(H,28,31)(H,25,27,32)/t13-,15-,20-/m0/s1. The molecule has 1 saturated heterocycles. The van der Waals surface area contributed by atoms with E-state index in [-0.39, 0.29) is 23.4 Å². The van der Waals surface area contributed by atoms with Crippen molar-refractivity contribution in [3.63, 3.8) is 0 Å². The molecule has 11 heteroatoms. The Morgan fingerprint density at radius 1 is 1.20 bits per heavy atom. The smallest absolute Gasteiger partial charge is 0.273 e. The first kappa shape index (κ1) is 23.8. The highest BCUT2D eigenvalue weighted by molar-refractivity contribution is 6.99. The lowest BCUT2D eigenvalue weighted by molar-refractivity contribution is -0.124. The van der Waals surface area contributed by atoms with Gasteiger partial charge < -0.3 is 20.7 Å². The van der Waals surface area contributed by atoms with Crippen LogP contribution in [0.4, 0.5) is 11.5 Å². The Hall–Kier alpha value is -2.92. The molecule has 0 bridgehead atoms. The molecule has 1 saturated carbocycles. The van der Waals surface area contributed by atoms with Gasteiger partial charge in [-0.2, -0.15) is 8.75 Å². The van der Waals surface area contributed by atoms with Crippen molar-refractivity contribution in [2.45, 2.75) is 63.8 Å². The maximum absolute atomic E-state index is 13.4. The number of nitrogens with zero attached hydrogens (tertiary/aromatic N) is 3. The lowest BCUT2D eigenvalue weighted by Gasteiger charge is -2.32. The number of amides is 3. The first-order valence-electron chi connectivity index (χ1n) is 12.2. The molecule has 2 aromatic rings. The van der Waals surface area contributed by atoms with E-state index in [2.05, 4.69) is 36.6 Å². The second kappa shape index (κ2) is 9.62. The van der Waals surface area contributed by atoms with Crippen LogP contribution in [0.5, 0.6) is 0 Å². The Bertz CT molecular complexity index is 1140. The second-order valence-corrected chi connectivity index (χ2v) is 10.5. The summed E-state index contributed by atoms with van der Waals surface area (Å²) in [4.78, 5) is 43.6. The van der Waals surface area contributed by atoms with Crippen molar-refractivity contribution in [3.05, 3.63) is 29.2 Å². The number of aryl methyl sites for hydroxylation is 1. The van der Waals surface area contributed by atoms with Crippen molar-refractivity contribution in [2.24, 2.45) is 11.8 Å². The molecule has 2 fully saturated rings. The third-order valence-electron chi connectivity index (χ3n) is 7.67. The van der Waals surface area contributed by atoms with Crippen molar-refractivity contribution in [2.75, 3.05) is 23.8 Å². The summed E-state index contributed by atoms with van der Waals surface area (Å²) in [5, 5.41) is 8.75. The third kappa shape index (κ3) is 4.54. The third-order valence-corrected chi connectivity index (χ3v) is 8.29. The Morgan fingerprint density at radius 2 is 1.94 bits per heavy atom. The average molecular weight is 499 g/mol. The molecule has 0 radical (unpaired) electrons. The van der Waals surface area contributed by atoms with Gasteiger partial charge in [-0.15, -0.1) is 0 Å². The largest absolute Gasteiger partial charge is 0.381 e. The zero-order chi connectivity index (χ0) is 24.6. The minimum absolute atomic E-state index is 0.0155. The van der Waals surface area contributed by atoms with E-state index in [0.29, 0.717) is 49.2 Å². The fourth-order valence-corrected chi connectivity index (χ4v) is 6.00. The summed E-state index contributed by atoms with van der Waals surface area (Å²) in [7, 11) is 0.